The zero-order valence-corrected chi connectivity index (χ0v) is 11.0. The molecule has 20 heavy (non-hydrogen) atoms. The minimum atomic E-state index is -4.73. The summed E-state index contributed by atoms with van der Waals surface area (Å²) >= 11 is 0. The molecule has 0 radical (unpaired) electrons. The Morgan fingerprint density at radius 1 is 1.35 bits per heavy atom. The van der Waals surface area contributed by atoms with Crippen molar-refractivity contribution >= 4 is 5.97 Å². The highest BCUT2D eigenvalue weighted by Gasteiger charge is 2.41. The molecule has 1 aromatic heterocycles. The second-order valence-corrected chi connectivity index (χ2v) is 4.01. The Labute approximate surface area is 113 Å². The van der Waals surface area contributed by atoms with Crippen molar-refractivity contribution < 1.29 is 27.8 Å². The Hall–Kier alpha value is -1.64. The Morgan fingerprint density at radius 3 is 2.60 bits per heavy atom. The number of aliphatic hydroxyl groups is 1. The Balaban J connectivity index is 2.92. The molecule has 0 amide bonds. The Morgan fingerprint density at radius 2 is 2.05 bits per heavy atom. The van der Waals surface area contributed by atoms with Gasteiger partial charge in [-0.2, -0.15) is 13.2 Å². The number of carbonyl (C=O) groups excluding carboxylic acids is 1. The molecular weight excluding hydrogens is 279 g/mol. The SMILES string of the molecule is CCOC(=O)c1nnn(CCCCCO)c1C(F)(F)F. The van der Waals surface area contributed by atoms with Gasteiger partial charge in [0.15, 0.2) is 5.69 Å². The van der Waals surface area contributed by atoms with E-state index in [4.69, 9.17) is 5.11 Å². The summed E-state index contributed by atoms with van der Waals surface area (Å²) < 4.78 is 44.1. The molecule has 0 bridgehead atoms. The summed E-state index contributed by atoms with van der Waals surface area (Å²) in [7, 11) is 0. The fourth-order valence-corrected chi connectivity index (χ4v) is 1.64. The second-order valence-electron chi connectivity index (χ2n) is 4.01. The third kappa shape index (κ3) is 4.19. The van der Waals surface area contributed by atoms with Crippen molar-refractivity contribution in [1.29, 1.82) is 0 Å². The number of carbonyl (C=O) groups is 1. The van der Waals surface area contributed by atoms with Gasteiger partial charge in [0.2, 0.25) is 5.69 Å². The van der Waals surface area contributed by atoms with Crippen LogP contribution in [-0.4, -0.2) is 39.3 Å². The summed E-state index contributed by atoms with van der Waals surface area (Å²) in [6, 6.07) is 0. The number of alkyl halides is 3. The maximum absolute atomic E-state index is 13.0. The summed E-state index contributed by atoms with van der Waals surface area (Å²) in [5.41, 5.74) is -2.01. The lowest BCUT2D eigenvalue weighted by molar-refractivity contribution is -0.144. The van der Waals surface area contributed by atoms with Crippen molar-refractivity contribution in [3.8, 4) is 0 Å². The van der Waals surface area contributed by atoms with Gasteiger partial charge >= 0.3 is 12.1 Å². The van der Waals surface area contributed by atoms with E-state index in [1.807, 2.05) is 0 Å². The van der Waals surface area contributed by atoms with Crippen LogP contribution in [0.4, 0.5) is 13.2 Å². The molecule has 0 atom stereocenters. The summed E-state index contributed by atoms with van der Waals surface area (Å²) in [5.74, 6) is -1.14. The molecular formula is C11H16F3N3O3. The quantitative estimate of drug-likeness (QED) is 0.611. The second kappa shape index (κ2) is 7.22. The molecule has 0 saturated carbocycles. The van der Waals surface area contributed by atoms with E-state index < -0.39 is 23.5 Å². The molecule has 0 spiro atoms. The molecule has 0 unspecified atom stereocenters. The van der Waals surface area contributed by atoms with E-state index in [-0.39, 0.29) is 19.8 Å². The van der Waals surface area contributed by atoms with Crippen LogP contribution in [0.5, 0.6) is 0 Å². The molecule has 1 rings (SSSR count). The van der Waals surface area contributed by atoms with Crippen LogP contribution in [0.25, 0.3) is 0 Å². The predicted octanol–water partition coefficient (Wildman–Crippen LogP) is 1.64. The maximum Gasteiger partial charge on any atom is 0.435 e. The molecule has 0 saturated heterocycles. The predicted molar refractivity (Wildman–Crippen MR) is 61.9 cm³/mol. The number of aliphatic hydroxyl groups excluding tert-OH is 1. The van der Waals surface area contributed by atoms with Gasteiger partial charge in [0.25, 0.3) is 0 Å². The van der Waals surface area contributed by atoms with Gasteiger partial charge < -0.3 is 9.84 Å². The molecule has 1 aromatic rings. The highest BCUT2D eigenvalue weighted by molar-refractivity contribution is 5.88. The monoisotopic (exact) mass is 295 g/mol. The van der Waals surface area contributed by atoms with Crippen LogP contribution in [0.2, 0.25) is 0 Å². The third-order valence-corrected chi connectivity index (χ3v) is 2.50. The zero-order chi connectivity index (χ0) is 15.2. The number of rotatable bonds is 7. The van der Waals surface area contributed by atoms with Crippen LogP contribution in [-0.2, 0) is 17.5 Å². The summed E-state index contributed by atoms with van der Waals surface area (Å²) in [4.78, 5) is 11.4. The average molecular weight is 295 g/mol. The van der Waals surface area contributed by atoms with Gasteiger partial charge in [-0.15, -0.1) is 5.10 Å². The molecule has 1 N–H and O–H groups in total. The van der Waals surface area contributed by atoms with Gasteiger partial charge in [-0.05, 0) is 26.2 Å². The smallest absolute Gasteiger partial charge is 0.435 e. The van der Waals surface area contributed by atoms with E-state index in [9.17, 15) is 18.0 Å². The number of hydrogen-bond donors (Lipinski definition) is 1. The number of aryl methyl sites for hydroxylation is 1. The molecule has 114 valence electrons. The van der Waals surface area contributed by atoms with E-state index in [0.717, 1.165) is 0 Å². The zero-order valence-electron chi connectivity index (χ0n) is 11.0. The van der Waals surface area contributed by atoms with Gasteiger partial charge in [-0.25, -0.2) is 9.48 Å². The van der Waals surface area contributed by atoms with E-state index in [2.05, 4.69) is 15.0 Å². The highest BCUT2D eigenvalue weighted by atomic mass is 19.4. The van der Waals surface area contributed by atoms with Gasteiger partial charge in [0.1, 0.15) is 0 Å². The van der Waals surface area contributed by atoms with Gasteiger partial charge in [0, 0.05) is 13.2 Å². The van der Waals surface area contributed by atoms with Crippen molar-refractivity contribution in [2.24, 2.45) is 0 Å². The minimum absolute atomic E-state index is 0.0163. The van der Waals surface area contributed by atoms with Crippen molar-refractivity contribution in [2.75, 3.05) is 13.2 Å². The van der Waals surface area contributed by atoms with E-state index in [1.165, 1.54) is 6.92 Å². The van der Waals surface area contributed by atoms with Gasteiger partial charge in [-0.3, -0.25) is 0 Å². The molecule has 9 heteroatoms. The fourth-order valence-electron chi connectivity index (χ4n) is 1.64. The molecule has 0 fully saturated rings. The lowest BCUT2D eigenvalue weighted by Gasteiger charge is -2.10. The standard InChI is InChI=1S/C11H16F3N3O3/c1-2-20-10(19)8-9(11(12,13)14)17(16-15-8)6-4-3-5-7-18/h18H,2-7H2,1H3. The normalized spacial score (nSPS) is 11.7. The highest BCUT2D eigenvalue weighted by Crippen LogP contribution is 2.31. The van der Waals surface area contributed by atoms with Gasteiger partial charge in [0.05, 0.1) is 6.61 Å². The van der Waals surface area contributed by atoms with Crippen molar-refractivity contribution in [1.82, 2.24) is 15.0 Å². The number of halogens is 3. The van der Waals surface area contributed by atoms with Crippen LogP contribution in [0.3, 0.4) is 0 Å². The number of esters is 1. The number of hydrogen-bond acceptors (Lipinski definition) is 5. The number of aromatic nitrogens is 3. The Bertz CT molecular complexity index is 446. The first-order valence-corrected chi connectivity index (χ1v) is 6.20. The van der Waals surface area contributed by atoms with Crippen LogP contribution >= 0.6 is 0 Å². The first-order chi connectivity index (χ1) is 9.41. The number of nitrogens with zero attached hydrogens (tertiary/aromatic N) is 3. The topological polar surface area (TPSA) is 77.2 Å². The molecule has 6 nitrogen and oxygen atoms in total. The molecule has 0 aromatic carbocycles. The van der Waals surface area contributed by atoms with Crippen molar-refractivity contribution in [3.63, 3.8) is 0 Å². The van der Waals surface area contributed by atoms with Crippen LogP contribution < -0.4 is 0 Å². The van der Waals surface area contributed by atoms with Crippen LogP contribution in [0, 0.1) is 0 Å². The third-order valence-electron chi connectivity index (χ3n) is 2.50. The first-order valence-electron chi connectivity index (χ1n) is 6.20. The molecule has 0 aliphatic rings. The van der Waals surface area contributed by atoms with Crippen LogP contribution in [0.1, 0.15) is 42.4 Å². The van der Waals surface area contributed by atoms with E-state index in [1.54, 1.807) is 0 Å². The number of ether oxygens (including phenoxy) is 1. The molecule has 0 aliphatic heterocycles. The lowest BCUT2D eigenvalue weighted by Crippen LogP contribution is -2.19. The van der Waals surface area contributed by atoms with E-state index >= 15 is 0 Å². The molecule has 0 aliphatic carbocycles. The molecule has 1 heterocycles. The van der Waals surface area contributed by atoms with E-state index in [0.29, 0.717) is 23.9 Å². The number of unbranched alkanes of at least 4 members (excludes halogenated alkanes) is 2. The van der Waals surface area contributed by atoms with Gasteiger partial charge in [-0.1, -0.05) is 5.21 Å². The largest absolute Gasteiger partial charge is 0.461 e. The first kappa shape index (κ1) is 16.4. The summed E-state index contributed by atoms with van der Waals surface area (Å²) in [5, 5.41) is 15.2. The fraction of sp³-hybridized carbons (Fsp3) is 0.727. The minimum Gasteiger partial charge on any atom is -0.461 e. The summed E-state index contributed by atoms with van der Waals surface area (Å²) in [6.45, 7) is 1.41. The summed E-state index contributed by atoms with van der Waals surface area (Å²) in [6.07, 6.45) is -3.28. The van der Waals surface area contributed by atoms with Crippen molar-refractivity contribution in [3.05, 3.63) is 11.4 Å². The Kier molecular flexibility index (Phi) is 5.93. The van der Waals surface area contributed by atoms with Crippen LogP contribution in [0.15, 0.2) is 0 Å². The average Bonchev–Trinajstić information content (AvgIpc) is 2.79. The van der Waals surface area contributed by atoms with Crippen molar-refractivity contribution in [2.45, 2.75) is 38.9 Å². The maximum atomic E-state index is 13.0. The lowest BCUT2D eigenvalue weighted by atomic mass is 10.2.